The molecule has 2 heterocycles. The largest absolute Gasteiger partial charge is 1.00 e. The standard InChI is InChI=1S/C20H24N2O3.C6H11IN.Li/c1-3-21(4-2)15-8-10-17-14(12-15)13-22(20(17)25)18-11-9-16(23)6-5-7-19(18)24;1-6-2-4-8(7)5-3-6;/h8,10,12,18H,1-7,9,11,13H2;6H,1-5H2;/q-2;-1;+1. The first kappa shape index (κ1) is 29.3. The van der Waals surface area contributed by atoms with Gasteiger partial charge in [0.1, 0.15) is 5.78 Å². The Morgan fingerprint density at radius 3 is 2.29 bits per heavy atom. The average Bonchev–Trinajstić information content (AvgIpc) is 3.12. The number of rotatable bonds is 4. The van der Waals surface area contributed by atoms with Crippen molar-refractivity contribution in [1.82, 2.24) is 8.01 Å². The first-order valence-electron chi connectivity index (χ1n) is 11.9. The van der Waals surface area contributed by atoms with E-state index in [1.54, 1.807) is 4.90 Å². The quantitative estimate of drug-likeness (QED) is 0.237. The number of Topliss-reactive ketones (excluding diaryl/α,β-unsaturated/α-hetero) is 2. The van der Waals surface area contributed by atoms with Gasteiger partial charge < -0.3 is 30.6 Å². The third-order valence-electron chi connectivity index (χ3n) is 6.71. The van der Waals surface area contributed by atoms with Crippen LogP contribution in [0.2, 0.25) is 0 Å². The molecule has 34 heavy (non-hydrogen) atoms. The monoisotopic (exact) mass is 571 g/mol. The average molecular weight is 571 g/mol. The van der Waals surface area contributed by atoms with Crippen molar-refractivity contribution in [2.75, 3.05) is 31.1 Å². The van der Waals surface area contributed by atoms with Crippen LogP contribution in [0.4, 0.5) is 5.69 Å². The summed E-state index contributed by atoms with van der Waals surface area (Å²) in [6.07, 6.45) is 4.81. The fourth-order valence-electron chi connectivity index (χ4n) is 4.59. The number of fused-ring (bicyclic) bond motifs is 1. The molecule has 0 N–H and O–H groups in total. The fourth-order valence-corrected chi connectivity index (χ4v) is 5.15. The summed E-state index contributed by atoms with van der Waals surface area (Å²) in [5, 5.41) is 0. The van der Waals surface area contributed by atoms with Crippen molar-refractivity contribution in [2.45, 2.75) is 57.5 Å². The van der Waals surface area contributed by atoms with Gasteiger partial charge >= 0.3 is 18.9 Å². The van der Waals surface area contributed by atoms with Gasteiger partial charge in [0.05, 0.1) is 6.04 Å². The van der Waals surface area contributed by atoms with Crippen LogP contribution in [-0.4, -0.2) is 57.7 Å². The van der Waals surface area contributed by atoms with Gasteiger partial charge in [-0.15, -0.1) is 13.1 Å². The fraction of sp³-hybridized carbons (Fsp3) is 0.538. The Hall–Kier alpha value is -0.883. The summed E-state index contributed by atoms with van der Waals surface area (Å²) in [6, 6.07) is 5.23. The smallest absolute Gasteiger partial charge is 0.432 e. The van der Waals surface area contributed by atoms with Gasteiger partial charge in [0.25, 0.3) is 5.91 Å². The molecule has 1 unspecified atom stereocenters. The molecule has 1 amide bonds. The number of amides is 1. The molecule has 1 atom stereocenters. The molecule has 182 valence electrons. The predicted octanol–water partition coefficient (Wildman–Crippen LogP) is 1.47. The van der Waals surface area contributed by atoms with Crippen LogP contribution in [0.5, 0.6) is 0 Å². The minimum atomic E-state index is -0.482. The predicted molar refractivity (Wildman–Crippen MR) is 140 cm³/mol. The van der Waals surface area contributed by atoms with Crippen LogP contribution in [0, 0.1) is 26.7 Å². The number of hydrogen-bond acceptors (Lipinski definition) is 5. The summed E-state index contributed by atoms with van der Waals surface area (Å²) in [4.78, 5) is 40.7. The van der Waals surface area contributed by atoms with Crippen LogP contribution < -0.4 is 23.8 Å². The van der Waals surface area contributed by atoms with Gasteiger partial charge in [0.15, 0.2) is 5.78 Å². The van der Waals surface area contributed by atoms with Crippen LogP contribution in [0.25, 0.3) is 0 Å². The third-order valence-corrected chi connectivity index (χ3v) is 7.67. The minimum Gasteiger partial charge on any atom is -0.432 e. The minimum absolute atomic E-state index is 0. The molecule has 0 aromatic heterocycles. The second kappa shape index (κ2) is 14.0. The van der Waals surface area contributed by atoms with Gasteiger partial charge in [-0.3, -0.25) is 14.4 Å². The molecule has 1 aromatic rings. The Kier molecular flexibility index (Phi) is 12.1. The van der Waals surface area contributed by atoms with E-state index < -0.39 is 6.04 Å². The summed E-state index contributed by atoms with van der Waals surface area (Å²) in [6.45, 7) is 15.9. The number of ketones is 2. The summed E-state index contributed by atoms with van der Waals surface area (Å²) >= 11 is 2.37. The van der Waals surface area contributed by atoms with E-state index in [0.717, 1.165) is 17.2 Å². The Morgan fingerprint density at radius 1 is 1.00 bits per heavy atom. The van der Waals surface area contributed by atoms with Crippen LogP contribution in [0.15, 0.2) is 18.2 Å². The second-order valence-electron chi connectivity index (χ2n) is 9.03. The van der Waals surface area contributed by atoms with Gasteiger partial charge in [0, 0.05) is 73.0 Å². The molecule has 2 fully saturated rings. The maximum atomic E-state index is 12.8. The molecule has 6 nitrogen and oxygen atoms in total. The maximum absolute atomic E-state index is 12.8. The molecular formula is C26H35ILiN3O3-2. The first-order chi connectivity index (χ1) is 15.8. The maximum Gasteiger partial charge on any atom is 1.00 e. The molecule has 3 aliphatic rings. The molecule has 1 saturated heterocycles. The van der Waals surface area contributed by atoms with E-state index in [9.17, 15) is 14.4 Å². The van der Waals surface area contributed by atoms with Crippen molar-refractivity contribution < 1.29 is 33.2 Å². The van der Waals surface area contributed by atoms with E-state index in [1.165, 1.54) is 25.9 Å². The summed E-state index contributed by atoms with van der Waals surface area (Å²) < 4.78 is 2.33. The Balaban J connectivity index is 0.000000386. The molecular weight excluding hydrogens is 536 g/mol. The van der Waals surface area contributed by atoms with Gasteiger partial charge in [-0.05, 0) is 36.6 Å². The van der Waals surface area contributed by atoms with Crippen molar-refractivity contribution in [2.24, 2.45) is 5.92 Å². The Labute approximate surface area is 230 Å². The molecule has 0 spiro atoms. The second-order valence-corrected chi connectivity index (χ2v) is 10.4. The SMILES string of the molecule is [CH2-]C1CCN(I)CC1.[CH2-]CN(C[CH2-])c1ccc2c(c1)CN(C1CCC(=O)CCCC1=O)C2=O.[Li+]. The topological polar surface area (TPSA) is 60.9 Å². The van der Waals surface area contributed by atoms with E-state index in [-0.39, 0.29) is 36.3 Å². The van der Waals surface area contributed by atoms with Gasteiger partial charge in [-0.1, -0.05) is 12.8 Å². The van der Waals surface area contributed by atoms with Crippen LogP contribution in [0.1, 0.15) is 60.9 Å². The van der Waals surface area contributed by atoms with Crippen molar-refractivity contribution in [3.63, 3.8) is 0 Å². The number of anilines is 1. The number of piperidine rings is 1. The molecule has 1 aromatic carbocycles. The van der Waals surface area contributed by atoms with Gasteiger partial charge in [-0.25, -0.2) is 3.11 Å². The van der Waals surface area contributed by atoms with Crippen molar-refractivity contribution in [1.29, 1.82) is 0 Å². The number of nitrogens with zero attached hydrogens (tertiary/aromatic N) is 3. The molecule has 4 rings (SSSR count). The zero-order chi connectivity index (χ0) is 24.0. The first-order valence-corrected chi connectivity index (χ1v) is 12.9. The number of benzene rings is 1. The van der Waals surface area contributed by atoms with Crippen LogP contribution >= 0.6 is 22.9 Å². The zero-order valence-electron chi connectivity index (χ0n) is 20.4. The van der Waals surface area contributed by atoms with Crippen molar-refractivity contribution in [3.8, 4) is 0 Å². The van der Waals surface area contributed by atoms with Gasteiger partial charge in [0.2, 0.25) is 0 Å². The van der Waals surface area contributed by atoms with Crippen molar-refractivity contribution >= 4 is 46.0 Å². The normalized spacial score (nSPS) is 21.7. The summed E-state index contributed by atoms with van der Waals surface area (Å²) in [5.74, 6) is 0.876. The molecule has 2 aliphatic heterocycles. The molecule has 8 heteroatoms. The van der Waals surface area contributed by atoms with E-state index in [4.69, 9.17) is 0 Å². The molecule has 0 radical (unpaired) electrons. The van der Waals surface area contributed by atoms with Crippen molar-refractivity contribution in [3.05, 3.63) is 50.1 Å². The summed E-state index contributed by atoms with van der Waals surface area (Å²) in [7, 11) is 0. The van der Waals surface area contributed by atoms with Crippen LogP contribution in [-0.2, 0) is 16.1 Å². The number of hydrogen-bond donors (Lipinski definition) is 0. The molecule has 1 saturated carbocycles. The van der Waals surface area contributed by atoms with E-state index in [1.807, 2.05) is 23.1 Å². The Bertz CT molecular complexity index is 844. The summed E-state index contributed by atoms with van der Waals surface area (Å²) in [5.41, 5.74) is 2.56. The number of halogens is 1. The van der Waals surface area contributed by atoms with Crippen LogP contribution in [0.3, 0.4) is 0 Å². The molecule has 1 aliphatic carbocycles. The molecule has 0 bridgehead atoms. The number of carbonyl (C=O) groups is 3. The zero-order valence-corrected chi connectivity index (χ0v) is 22.6. The third kappa shape index (κ3) is 7.56. The number of carbonyl (C=O) groups excluding carboxylic acids is 3. The Morgan fingerprint density at radius 2 is 1.68 bits per heavy atom. The van der Waals surface area contributed by atoms with E-state index in [0.29, 0.717) is 57.3 Å². The van der Waals surface area contributed by atoms with E-state index >= 15 is 0 Å². The van der Waals surface area contributed by atoms with E-state index in [2.05, 4.69) is 46.7 Å². The van der Waals surface area contributed by atoms with Gasteiger partial charge in [-0.2, -0.15) is 5.92 Å².